The first kappa shape index (κ1) is 16.0. The molecule has 0 bridgehead atoms. The van der Waals surface area contributed by atoms with Crippen molar-refractivity contribution in [3.8, 4) is 5.75 Å². The molecule has 1 rings (SSSR count). The Balaban J connectivity index is 2.27. The van der Waals surface area contributed by atoms with Gasteiger partial charge in [-0.1, -0.05) is 32.9 Å². The molecule has 0 heterocycles. The van der Waals surface area contributed by atoms with Gasteiger partial charge in [-0.15, -0.1) is 0 Å². The molecule has 2 N–H and O–H groups in total. The fraction of sp³-hybridized carbons (Fsp3) is 0.625. The third-order valence-corrected chi connectivity index (χ3v) is 3.07. The smallest absolute Gasteiger partial charge is 0.119 e. The van der Waals surface area contributed by atoms with Crippen LogP contribution in [0.5, 0.6) is 5.75 Å². The highest BCUT2D eigenvalue weighted by Crippen LogP contribution is 2.13. The Kier molecular flexibility index (Phi) is 7.53. The summed E-state index contributed by atoms with van der Waals surface area (Å²) in [4.78, 5) is 0. The molecule has 1 unspecified atom stereocenters. The van der Waals surface area contributed by atoms with Gasteiger partial charge in [-0.25, -0.2) is 0 Å². The maximum Gasteiger partial charge on any atom is 0.119 e. The number of hydrogen-bond donors (Lipinski definition) is 2. The normalized spacial score (nSPS) is 12.7. The highest BCUT2D eigenvalue weighted by molar-refractivity contribution is 5.27. The van der Waals surface area contributed by atoms with Gasteiger partial charge in [-0.3, -0.25) is 0 Å². The average molecular weight is 265 g/mol. The average Bonchev–Trinajstić information content (AvgIpc) is 2.40. The van der Waals surface area contributed by atoms with Gasteiger partial charge in [-0.2, -0.15) is 0 Å². The molecule has 0 aliphatic rings. The van der Waals surface area contributed by atoms with E-state index in [9.17, 15) is 5.11 Å². The number of ether oxygens (including phenoxy) is 1. The summed E-state index contributed by atoms with van der Waals surface area (Å²) in [5.41, 5.74) is 1.21. The van der Waals surface area contributed by atoms with Crippen molar-refractivity contribution in [2.45, 2.75) is 46.3 Å². The third-order valence-electron chi connectivity index (χ3n) is 3.07. The largest absolute Gasteiger partial charge is 0.494 e. The molecule has 0 fully saturated rings. The second kappa shape index (κ2) is 8.94. The van der Waals surface area contributed by atoms with Crippen LogP contribution in [0.2, 0.25) is 0 Å². The van der Waals surface area contributed by atoms with Crippen molar-refractivity contribution in [2.24, 2.45) is 5.92 Å². The van der Waals surface area contributed by atoms with E-state index < -0.39 is 0 Å². The van der Waals surface area contributed by atoms with Crippen LogP contribution in [0.4, 0.5) is 0 Å². The summed E-state index contributed by atoms with van der Waals surface area (Å²) in [5, 5.41) is 12.7. The number of benzene rings is 1. The van der Waals surface area contributed by atoms with Crippen molar-refractivity contribution in [3.05, 3.63) is 29.8 Å². The van der Waals surface area contributed by atoms with Crippen molar-refractivity contribution < 1.29 is 9.84 Å². The van der Waals surface area contributed by atoms with E-state index in [0.29, 0.717) is 12.5 Å². The zero-order valence-electron chi connectivity index (χ0n) is 12.4. The molecule has 1 aromatic rings. The fourth-order valence-corrected chi connectivity index (χ4v) is 1.64. The van der Waals surface area contributed by atoms with Crippen molar-refractivity contribution in [1.82, 2.24) is 5.32 Å². The van der Waals surface area contributed by atoms with Gasteiger partial charge in [0, 0.05) is 13.1 Å². The molecule has 0 aromatic heterocycles. The van der Waals surface area contributed by atoms with Crippen molar-refractivity contribution in [3.63, 3.8) is 0 Å². The first-order chi connectivity index (χ1) is 9.11. The molecule has 0 spiro atoms. The maximum absolute atomic E-state index is 9.44. The molecule has 1 atom stereocenters. The van der Waals surface area contributed by atoms with Crippen molar-refractivity contribution >= 4 is 0 Å². The van der Waals surface area contributed by atoms with E-state index in [1.807, 2.05) is 19.1 Å². The minimum Gasteiger partial charge on any atom is -0.494 e. The molecule has 3 heteroatoms. The van der Waals surface area contributed by atoms with Crippen molar-refractivity contribution in [1.29, 1.82) is 0 Å². The quantitative estimate of drug-likeness (QED) is 0.721. The van der Waals surface area contributed by atoms with Gasteiger partial charge in [0.1, 0.15) is 5.75 Å². The minimum atomic E-state index is -0.251. The summed E-state index contributed by atoms with van der Waals surface area (Å²) in [7, 11) is 0. The molecule has 0 radical (unpaired) electrons. The lowest BCUT2D eigenvalue weighted by Gasteiger charge is -2.11. The van der Waals surface area contributed by atoms with E-state index in [2.05, 4.69) is 31.3 Å². The Bertz CT molecular complexity index is 335. The van der Waals surface area contributed by atoms with E-state index in [-0.39, 0.29) is 6.10 Å². The first-order valence-electron chi connectivity index (χ1n) is 7.22. The Morgan fingerprint density at radius 3 is 2.47 bits per heavy atom. The summed E-state index contributed by atoms with van der Waals surface area (Å²) >= 11 is 0. The van der Waals surface area contributed by atoms with Crippen LogP contribution in [0.15, 0.2) is 24.3 Å². The zero-order chi connectivity index (χ0) is 14.1. The standard InChI is InChI=1S/C16H27NO2/c1-4-15(18)12-17-11-14-5-7-16(8-6-14)19-10-9-13(2)3/h5-8,13,15,17-18H,4,9-12H2,1-3H3. The summed E-state index contributed by atoms with van der Waals surface area (Å²) in [6, 6.07) is 8.15. The number of aliphatic hydroxyl groups is 1. The van der Waals surface area contributed by atoms with Crippen LogP contribution in [0.3, 0.4) is 0 Å². The molecule has 1 aromatic carbocycles. The van der Waals surface area contributed by atoms with Gasteiger partial charge in [0.25, 0.3) is 0 Å². The number of aliphatic hydroxyl groups excluding tert-OH is 1. The summed E-state index contributed by atoms with van der Waals surface area (Å²) in [6.45, 7) is 8.58. The molecule has 108 valence electrons. The van der Waals surface area contributed by atoms with Crippen LogP contribution in [0.25, 0.3) is 0 Å². The molecule has 0 aliphatic heterocycles. The molecule has 19 heavy (non-hydrogen) atoms. The van der Waals surface area contributed by atoms with Crippen LogP contribution in [-0.2, 0) is 6.54 Å². The topological polar surface area (TPSA) is 41.5 Å². The first-order valence-corrected chi connectivity index (χ1v) is 7.22. The van der Waals surface area contributed by atoms with Gasteiger partial charge < -0.3 is 15.2 Å². The molecular weight excluding hydrogens is 238 g/mol. The monoisotopic (exact) mass is 265 g/mol. The lowest BCUT2D eigenvalue weighted by molar-refractivity contribution is 0.167. The van der Waals surface area contributed by atoms with Crippen LogP contribution in [-0.4, -0.2) is 24.4 Å². The molecule has 0 saturated carbocycles. The Morgan fingerprint density at radius 2 is 1.89 bits per heavy atom. The maximum atomic E-state index is 9.44. The van der Waals surface area contributed by atoms with E-state index in [4.69, 9.17) is 4.74 Å². The van der Waals surface area contributed by atoms with Gasteiger partial charge in [0.2, 0.25) is 0 Å². The van der Waals surface area contributed by atoms with E-state index >= 15 is 0 Å². The van der Waals surface area contributed by atoms with Gasteiger partial charge in [0.15, 0.2) is 0 Å². The summed E-state index contributed by atoms with van der Waals surface area (Å²) < 4.78 is 5.67. The highest BCUT2D eigenvalue weighted by Gasteiger charge is 2.00. The second-order valence-electron chi connectivity index (χ2n) is 5.37. The SMILES string of the molecule is CCC(O)CNCc1ccc(OCCC(C)C)cc1. The van der Waals surface area contributed by atoms with Crippen LogP contribution >= 0.6 is 0 Å². The van der Waals surface area contributed by atoms with E-state index in [1.54, 1.807) is 0 Å². The summed E-state index contributed by atoms with van der Waals surface area (Å²) in [5.74, 6) is 1.60. The fourth-order valence-electron chi connectivity index (χ4n) is 1.64. The van der Waals surface area contributed by atoms with E-state index in [0.717, 1.165) is 31.7 Å². The number of nitrogens with one attached hydrogen (secondary N) is 1. The molecule has 3 nitrogen and oxygen atoms in total. The van der Waals surface area contributed by atoms with Crippen molar-refractivity contribution in [2.75, 3.05) is 13.2 Å². The van der Waals surface area contributed by atoms with Gasteiger partial charge >= 0.3 is 0 Å². The number of rotatable bonds is 9. The van der Waals surface area contributed by atoms with Crippen LogP contribution < -0.4 is 10.1 Å². The van der Waals surface area contributed by atoms with Crippen LogP contribution in [0, 0.1) is 5.92 Å². The number of hydrogen-bond acceptors (Lipinski definition) is 3. The third kappa shape index (κ3) is 7.19. The molecule has 0 saturated heterocycles. The van der Waals surface area contributed by atoms with Gasteiger partial charge in [-0.05, 0) is 36.5 Å². The Morgan fingerprint density at radius 1 is 1.21 bits per heavy atom. The molecular formula is C16H27NO2. The van der Waals surface area contributed by atoms with Crippen LogP contribution in [0.1, 0.15) is 39.2 Å². The molecule has 0 aliphatic carbocycles. The highest BCUT2D eigenvalue weighted by atomic mass is 16.5. The predicted octanol–water partition coefficient (Wildman–Crippen LogP) is 2.97. The zero-order valence-corrected chi connectivity index (χ0v) is 12.4. The van der Waals surface area contributed by atoms with Gasteiger partial charge in [0.05, 0.1) is 12.7 Å². The predicted molar refractivity (Wildman–Crippen MR) is 79.4 cm³/mol. The summed E-state index contributed by atoms with van der Waals surface area (Å²) in [6.07, 6.45) is 1.62. The minimum absolute atomic E-state index is 0.251. The Labute approximate surface area is 117 Å². The lowest BCUT2D eigenvalue weighted by Crippen LogP contribution is -2.25. The van der Waals surface area contributed by atoms with E-state index in [1.165, 1.54) is 5.56 Å². The lowest BCUT2D eigenvalue weighted by atomic mass is 10.1. The Hall–Kier alpha value is -1.06. The second-order valence-corrected chi connectivity index (χ2v) is 5.37. The molecule has 0 amide bonds.